The average Bonchev–Trinajstić information content (AvgIpc) is 2.55. The first-order valence-electron chi connectivity index (χ1n) is 5.41. The number of nitrogens with two attached hydrogens (primary N) is 1. The van der Waals surface area contributed by atoms with E-state index in [1.54, 1.807) is 23.6 Å². The maximum absolute atomic E-state index is 11.7. The number of anilines is 1. The molecule has 0 aliphatic carbocycles. The van der Waals surface area contributed by atoms with Gasteiger partial charge in [0.2, 0.25) is 11.9 Å². The van der Waals surface area contributed by atoms with Crippen LogP contribution in [0.3, 0.4) is 0 Å². The van der Waals surface area contributed by atoms with Crippen molar-refractivity contribution in [1.82, 2.24) is 14.5 Å². The summed E-state index contributed by atoms with van der Waals surface area (Å²) in [5.74, 6) is 0.373. The molecule has 1 heterocycles. The Bertz CT molecular complexity index is 571. The molecule has 1 amide bonds. The molecular weight excluding hydrogens is 216 g/mol. The fourth-order valence-corrected chi connectivity index (χ4v) is 1.69. The van der Waals surface area contributed by atoms with E-state index >= 15 is 0 Å². The van der Waals surface area contributed by atoms with Crippen molar-refractivity contribution in [2.75, 3.05) is 19.8 Å². The molecule has 0 spiro atoms. The number of carbonyl (C=O) groups is 1. The fraction of sp³-hybridized carbons (Fsp3) is 0.333. The second-order valence-electron chi connectivity index (χ2n) is 4.34. The van der Waals surface area contributed by atoms with Crippen LogP contribution in [0.4, 0.5) is 5.95 Å². The summed E-state index contributed by atoms with van der Waals surface area (Å²) in [7, 11) is 3.45. The zero-order chi connectivity index (χ0) is 12.6. The molecule has 0 unspecified atom stereocenters. The molecule has 0 radical (unpaired) electrons. The Morgan fingerprint density at radius 2 is 2.18 bits per heavy atom. The third-order valence-electron chi connectivity index (χ3n) is 2.73. The Hall–Kier alpha value is -2.04. The summed E-state index contributed by atoms with van der Waals surface area (Å²) in [6, 6.07) is 5.88. The number of amides is 1. The van der Waals surface area contributed by atoms with Crippen LogP contribution in [0.1, 0.15) is 5.56 Å². The summed E-state index contributed by atoms with van der Waals surface area (Å²) in [5.41, 5.74) is 8.67. The number of benzene rings is 1. The van der Waals surface area contributed by atoms with E-state index in [9.17, 15) is 4.79 Å². The standard InChI is InChI=1S/C12H16N4O/c1-8-4-5-9-10(6-8)16(12(13)14-9)7-11(17)15(2)3/h4-6H,7H2,1-3H3,(H2,13,14). The topological polar surface area (TPSA) is 64.1 Å². The van der Waals surface area contributed by atoms with Gasteiger partial charge in [-0.05, 0) is 24.6 Å². The summed E-state index contributed by atoms with van der Waals surface area (Å²) in [4.78, 5) is 17.5. The van der Waals surface area contributed by atoms with Gasteiger partial charge in [0.05, 0.1) is 11.0 Å². The number of hydrogen-bond donors (Lipinski definition) is 1. The van der Waals surface area contributed by atoms with E-state index < -0.39 is 0 Å². The van der Waals surface area contributed by atoms with Gasteiger partial charge in [-0.15, -0.1) is 0 Å². The molecular formula is C12H16N4O. The number of fused-ring (bicyclic) bond motifs is 1. The molecule has 17 heavy (non-hydrogen) atoms. The van der Waals surface area contributed by atoms with Gasteiger partial charge >= 0.3 is 0 Å². The summed E-state index contributed by atoms with van der Waals surface area (Å²) in [5, 5.41) is 0. The van der Waals surface area contributed by atoms with Gasteiger partial charge in [0.15, 0.2) is 0 Å². The molecule has 1 aromatic carbocycles. The van der Waals surface area contributed by atoms with Gasteiger partial charge in [0.1, 0.15) is 6.54 Å². The Morgan fingerprint density at radius 1 is 1.47 bits per heavy atom. The molecule has 90 valence electrons. The van der Waals surface area contributed by atoms with Crippen molar-refractivity contribution >= 4 is 22.9 Å². The van der Waals surface area contributed by atoms with Gasteiger partial charge < -0.3 is 15.2 Å². The highest BCUT2D eigenvalue weighted by Crippen LogP contribution is 2.19. The number of nitrogens with zero attached hydrogens (tertiary/aromatic N) is 3. The van der Waals surface area contributed by atoms with E-state index in [2.05, 4.69) is 4.98 Å². The molecule has 1 aromatic heterocycles. The van der Waals surface area contributed by atoms with E-state index in [1.807, 2.05) is 25.1 Å². The van der Waals surface area contributed by atoms with E-state index in [-0.39, 0.29) is 12.5 Å². The molecule has 5 nitrogen and oxygen atoms in total. The SMILES string of the molecule is Cc1ccc2nc(N)n(CC(=O)N(C)C)c2c1. The largest absolute Gasteiger partial charge is 0.369 e. The first kappa shape index (κ1) is 11.4. The van der Waals surface area contributed by atoms with E-state index in [1.165, 1.54) is 0 Å². The van der Waals surface area contributed by atoms with Crippen molar-refractivity contribution in [2.24, 2.45) is 0 Å². The second kappa shape index (κ2) is 4.08. The molecule has 0 aliphatic rings. The van der Waals surface area contributed by atoms with Crippen molar-refractivity contribution in [3.8, 4) is 0 Å². The molecule has 0 fully saturated rings. The van der Waals surface area contributed by atoms with E-state index in [4.69, 9.17) is 5.73 Å². The van der Waals surface area contributed by atoms with E-state index in [0.29, 0.717) is 5.95 Å². The number of aryl methyl sites for hydroxylation is 1. The fourth-order valence-electron chi connectivity index (χ4n) is 1.69. The van der Waals surface area contributed by atoms with Crippen molar-refractivity contribution in [3.63, 3.8) is 0 Å². The minimum atomic E-state index is -0.00231. The lowest BCUT2D eigenvalue weighted by atomic mass is 10.2. The number of imidazole rings is 1. The Labute approximate surface area is 99.8 Å². The van der Waals surface area contributed by atoms with Crippen LogP contribution in [0.2, 0.25) is 0 Å². The summed E-state index contributed by atoms with van der Waals surface area (Å²) in [6.45, 7) is 2.22. The van der Waals surface area contributed by atoms with Crippen molar-refractivity contribution in [3.05, 3.63) is 23.8 Å². The Kier molecular flexibility index (Phi) is 2.75. The molecule has 0 saturated heterocycles. The molecule has 0 saturated carbocycles. The smallest absolute Gasteiger partial charge is 0.242 e. The van der Waals surface area contributed by atoms with Crippen LogP contribution in [0.25, 0.3) is 11.0 Å². The zero-order valence-electron chi connectivity index (χ0n) is 10.3. The Balaban J connectivity index is 2.48. The number of aromatic nitrogens is 2. The number of rotatable bonds is 2. The maximum Gasteiger partial charge on any atom is 0.242 e. The predicted molar refractivity (Wildman–Crippen MR) is 67.6 cm³/mol. The molecule has 0 bridgehead atoms. The van der Waals surface area contributed by atoms with Gasteiger partial charge in [-0.25, -0.2) is 4.98 Å². The number of likely N-dealkylation sites (N-methyl/N-ethyl adjacent to an activating group) is 1. The predicted octanol–water partition coefficient (Wildman–Crippen LogP) is 1.02. The van der Waals surface area contributed by atoms with Crippen LogP contribution >= 0.6 is 0 Å². The van der Waals surface area contributed by atoms with Crippen LogP contribution in [-0.2, 0) is 11.3 Å². The van der Waals surface area contributed by atoms with Gasteiger partial charge in [-0.3, -0.25) is 4.79 Å². The van der Waals surface area contributed by atoms with Crippen LogP contribution in [-0.4, -0.2) is 34.5 Å². The van der Waals surface area contributed by atoms with E-state index in [0.717, 1.165) is 16.6 Å². The number of hydrogen-bond acceptors (Lipinski definition) is 3. The Morgan fingerprint density at radius 3 is 2.82 bits per heavy atom. The highest BCUT2D eigenvalue weighted by atomic mass is 16.2. The lowest BCUT2D eigenvalue weighted by molar-refractivity contribution is -0.129. The molecule has 0 aliphatic heterocycles. The van der Waals surface area contributed by atoms with Crippen LogP contribution in [0.5, 0.6) is 0 Å². The minimum Gasteiger partial charge on any atom is -0.369 e. The average molecular weight is 232 g/mol. The van der Waals surface area contributed by atoms with Crippen molar-refractivity contribution < 1.29 is 4.79 Å². The third-order valence-corrected chi connectivity index (χ3v) is 2.73. The minimum absolute atomic E-state index is 0.00231. The maximum atomic E-state index is 11.7. The zero-order valence-corrected chi connectivity index (χ0v) is 10.3. The third kappa shape index (κ3) is 2.08. The van der Waals surface area contributed by atoms with Crippen LogP contribution in [0, 0.1) is 6.92 Å². The highest BCUT2D eigenvalue weighted by Gasteiger charge is 2.12. The molecule has 2 N–H and O–H groups in total. The number of nitrogen functional groups attached to an aromatic ring is 1. The monoisotopic (exact) mass is 232 g/mol. The first-order chi connectivity index (χ1) is 7.99. The quantitative estimate of drug-likeness (QED) is 0.840. The van der Waals surface area contributed by atoms with Gasteiger partial charge in [-0.1, -0.05) is 6.07 Å². The summed E-state index contributed by atoms with van der Waals surface area (Å²) >= 11 is 0. The van der Waals surface area contributed by atoms with Crippen LogP contribution in [0.15, 0.2) is 18.2 Å². The molecule has 2 aromatic rings. The van der Waals surface area contributed by atoms with Crippen molar-refractivity contribution in [2.45, 2.75) is 13.5 Å². The van der Waals surface area contributed by atoms with Gasteiger partial charge in [0.25, 0.3) is 0 Å². The van der Waals surface area contributed by atoms with Crippen molar-refractivity contribution in [1.29, 1.82) is 0 Å². The lowest BCUT2D eigenvalue weighted by Crippen LogP contribution is -2.26. The number of carbonyl (C=O) groups excluding carboxylic acids is 1. The normalized spacial score (nSPS) is 10.8. The lowest BCUT2D eigenvalue weighted by Gasteiger charge is -2.12. The second-order valence-corrected chi connectivity index (χ2v) is 4.34. The van der Waals surface area contributed by atoms with Gasteiger partial charge in [0, 0.05) is 14.1 Å². The van der Waals surface area contributed by atoms with Gasteiger partial charge in [-0.2, -0.15) is 0 Å². The molecule has 0 atom stereocenters. The highest BCUT2D eigenvalue weighted by molar-refractivity contribution is 5.83. The summed E-state index contributed by atoms with van der Waals surface area (Å²) in [6.07, 6.45) is 0. The molecule has 5 heteroatoms. The summed E-state index contributed by atoms with van der Waals surface area (Å²) < 4.78 is 1.74. The first-order valence-corrected chi connectivity index (χ1v) is 5.41. The van der Waals surface area contributed by atoms with Crippen LogP contribution < -0.4 is 5.73 Å². The molecule has 2 rings (SSSR count).